The molecule has 0 spiro atoms. The standard InChI is InChI=1S/C28H28O8Si/c1-20(29)34-37(35-21(2)30,36-22(3)31)17-16-23-14-15-27-24(18-23)19-32-28(33-27,25-10-6-4-7-11-25)26-12-8-5-9-13-26/h4-15,18H,16-17,19H2,1-3H3. The number of ether oxygens (including phenoxy) is 2. The first-order chi connectivity index (χ1) is 17.7. The van der Waals surface area contributed by atoms with Gasteiger partial charge in [-0.15, -0.1) is 0 Å². The Morgan fingerprint density at radius 2 is 1.30 bits per heavy atom. The summed E-state index contributed by atoms with van der Waals surface area (Å²) in [7, 11) is -3.93. The van der Waals surface area contributed by atoms with E-state index in [1.54, 1.807) is 0 Å². The van der Waals surface area contributed by atoms with Crippen molar-refractivity contribution in [1.29, 1.82) is 0 Å². The zero-order chi connectivity index (χ0) is 26.5. The van der Waals surface area contributed by atoms with Crippen LogP contribution in [0.4, 0.5) is 0 Å². The molecule has 1 aliphatic heterocycles. The minimum atomic E-state index is -3.93. The number of benzene rings is 3. The second-order valence-electron chi connectivity index (χ2n) is 8.65. The first-order valence-corrected chi connectivity index (χ1v) is 13.8. The maximum absolute atomic E-state index is 11.7. The fourth-order valence-electron chi connectivity index (χ4n) is 4.30. The molecule has 0 radical (unpaired) electrons. The highest BCUT2D eigenvalue weighted by atomic mass is 28.4. The Labute approximate surface area is 216 Å². The second kappa shape index (κ2) is 11.0. The third-order valence-electron chi connectivity index (χ3n) is 5.73. The van der Waals surface area contributed by atoms with Crippen LogP contribution in [0.15, 0.2) is 78.9 Å². The Morgan fingerprint density at radius 3 is 1.78 bits per heavy atom. The fraction of sp³-hybridized carbons (Fsp3) is 0.250. The molecule has 8 nitrogen and oxygen atoms in total. The third kappa shape index (κ3) is 6.07. The largest absolute Gasteiger partial charge is 0.705 e. The van der Waals surface area contributed by atoms with E-state index >= 15 is 0 Å². The van der Waals surface area contributed by atoms with Crippen LogP contribution >= 0.6 is 0 Å². The number of aryl methyl sites for hydroxylation is 1. The van der Waals surface area contributed by atoms with Gasteiger partial charge in [-0.25, -0.2) is 0 Å². The maximum atomic E-state index is 11.7. The van der Waals surface area contributed by atoms with Gasteiger partial charge in [0.15, 0.2) is 0 Å². The highest BCUT2D eigenvalue weighted by Gasteiger charge is 2.51. The van der Waals surface area contributed by atoms with Crippen LogP contribution in [-0.4, -0.2) is 26.7 Å². The first kappa shape index (κ1) is 26.1. The van der Waals surface area contributed by atoms with Crippen LogP contribution in [-0.2, 0) is 51.2 Å². The molecule has 3 aromatic rings. The van der Waals surface area contributed by atoms with Crippen molar-refractivity contribution in [3.8, 4) is 5.75 Å². The lowest BCUT2D eigenvalue weighted by atomic mass is 9.95. The zero-order valence-electron chi connectivity index (χ0n) is 20.9. The summed E-state index contributed by atoms with van der Waals surface area (Å²) in [6.45, 7) is 3.81. The van der Waals surface area contributed by atoms with Crippen LogP contribution in [0, 0.1) is 0 Å². The van der Waals surface area contributed by atoms with E-state index in [2.05, 4.69) is 0 Å². The molecule has 0 fully saturated rings. The van der Waals surface area contributed by atoms with Gasteiger partial charge in [0.25, 0.3) is 23.7 Å². The Kier molecular flexibility index (Phi) is 7.75. The number of carbonyl (C=O) groups is 3. The van der Waals surface area contributed by atoms with Gasteiger partial charge in [0, 0.05) is 37.5 Å². The van der Waals surface area contributed by atoms with Crippen LogP contribution in [0.1, 0.15) is 43.0 Å². The van der Waals surface area contributed by atoms with Crippen molar-refractivity contribution in [1.82, 2.24) is 0 Å². The van der Waals surface area contributed by atoms with E-state index in [0.717, 1.165) is 22.3 Å². The Morgan fingerprint density at radius 1 is 0.784 bits per heavy atom. The molecule has 0 saturated heterocycles. The Bertz CT molecular complexity index is 1200. The lowest BCUT2D eigenvalue weighted by Gasteiger charge is -2.39. The summed E-state index contributed by atoms with van der Waals surface area (Å²) in [6, 6.07) is 25.2. The van der Waals surface area contributed by atoms with Gasteiger partial charge in [-0.1, -0.05) is 66.7 Å². The SMILES string of the molecule is CC(=O)O[Si](CCc1ccc2c(c1)COC(c1ccccc1)(c1ccccc1)O2)(OC(C)=O)OC(C)=O. The van der Waals surface area contributed by atoms with Crippen molar-refractivity contribution < 1.29 is 37.1 Å². The normalized spacial score (nSPS) is 14.0. The fourth-order valence-corrected chi connectivity index (χ4v) is 6.64. The summed E-state index contributed by atoms with van der Waals surface area (Å²) in [4.78, 5) is 35.2. The number of hydrogen-bond acceptors (Lipinski definition) is 8. The van der Waals surface area contributed by atoms with E-state index in [9.17, 15) is 14.4 Å². The molecule has 0 saturated carbocycles. The Balaban J connectivity index is 1.60. The molecule has 1 aliphatic rings. The van der Waals surface area contributed by atoms with Crippen molar-refractivity contribution in [2.45, 2.75) is 45.6 Å². The van der Waals surface area contributed by atoms with Gasteiger partial charge in [-0.05, 0) is 24.1 Å². The van der Waals surface area contributed by atoms with E-state index < -0.39 is 32.5 Å². The number of fused-ring (bicyclic) bond motifs is 1. The van der Waals surface area contributed by atoms with Crippen molar-refractivity contribution in [2.75, 3.05) is 0 Å². The summed E-state index contributed by atoms with van der Waals surface area (Å²) in [5, 5.41) is 0. The molecule has 0 amide bonds. The molecule has 0 atom stereocenters. The monoisotopic (exact) mass is 520 g/mol. The average Bonchev–Trinajstić information content (AvgIpc) is 2.87. The molecule has 3 aromatic carbocycles. The molecule has 0 bridgehead atoms. The number of hydrogen-bond donors (Lipinski definition) is 0. The first-order valence-electron chi connectivity index (χ1n) is 11.9. The quantitative estimate of drug-likeness (QED) is 0.396. The minimum absolute atomic E-state index is 0.0458. The lowest BCUT2D eigenvalue weighted by molar-refractivity contribution is -0.184. The zero-order valence-corrected chi connectivity index (χ0v) is 21.9. The maximum Gasteiger partial charge on any atom is 0.705 e. The predicted octanol–water partition coefficient (Wildman–Crippen LogP) is 4.67. The average molecular weight is 521 g/mol. The summed E-state index contributed by atoms with van der Waals surface area (Å²) in [5.74, 6) is -2.51. The van der Waals surface area contributed by atoms with Gasteiger partial charge in [-0.3, -0.25) is 14.4 Å². The van der Waals surface area contributed by atoms with Crippen LogP contribution in [0.3, 0.4) is 0 Å². The van der Waals surface area contributed by atoms with Crippen molar-refractivity contribution in [2.24, 2.45) is 0 Å². The van der Waals surface area contributed by atoms with Crippen LogP contribution in [0.2, 0.25) is 6.04 Å². The van der Waals surface area contributed by atoms with E-state index in [-0.39, 0.29) is 12.7 Å². The van der Waals surface area contributed by atoms with Gasteiger partial charge in [0.1, 0.15) is 5.75 Å². The molecular weight excluding hydrogens is 492 g/mol. The van der Waals surface area contributed by atoms with Gasteiger partial charge in [0.2, 0.25) is 0 Å². The topological polar surface area (TPSA) is 97.4 Å². The van der Waals surface area contributed by atoms with E-state index in [1.807, 2.05) is 78.9 Å². The van der Waals surface area contributed by atoms with E-state index in [0.29, 0.717) is 12.2 Å². The van der Waals surface area contributed by atoms with Crippen molar-refractivity contribution in [3.05, 3.63) is 101 Å². The van der Waals surface area contributed by atoms with Crippen LogP contribution < -0.4 is 4.74 Å². The van der Waals surface area contributed by atoms with Crippen LogP contribution in [0.5, 0.6) is 5.75 Å². The summed E-state index contributed by atoms with van der Waals surface area (Å²) < 4.78 is 28.8. The molecule has 0 N–H and O–H groups in total. The third-order valence-corrected chi connectivity index (χ3v) is 8.39. The number of carbonyl (C=O) groups excluding carboxylic acids is 3. The highest BCUT2D eigenvalue weighted by molar-refractivity contribution is 6.65. The second-order valence-corrected chi connectivity index (χ2v) is 11.1. The minimum Gasteiger partial charge on any atom is -0.455 e. The van der Waals surface area contributed by atoms with Crippen molar-refractivity contribution >= 4 is 26.7 Å². The molecule has 0 aromatic heterocycles. The molecular formula is C28H28O8Si. The molecule has 1 heterocycles. The predicted molar refractivity (Wildman–Crippen MR) is 135 cm³/mol. The summed E-state index contributed by atoms with van der Waals surface area (Å²) in [5.41, 5.74) is 3.42. The lowest BCUT2D eigenvalue weighted by Crippen LogP contribution is -2.49. The van der Waals surface area contributed by atoms with E-state index in [4.69, 9.17) is 22.8 Å². The molecule has 4 rings (SSSR count). The van der Waals surface area contributed by atoms with Gasteiger partial charge < -0.3 is 22.8 Å². The molecule has 192 valence electrons. The molecule has 37 heavy (non-hydrogen) atoms. The van der Waals surface area contributed by atoms with Gasteiger partial charge >= 0.3 is 8.80 Å². The Hall–Kier alpha value is -3.95. The highest BCUT2D eigenvalue weighted by Crippen LogP contribution is 2.42. The van der Waals surface area contributed by atoms with Gasteiger partial charge in [0.05, 0.1) is 12.7 Å². The molecule has 9 heteroatoms. The number of rotatable bonds is 8. The molecule has 0 unspecified atom stereocenters. The summed E-state index contributed by atoms with van der Waals surface area (Å²) in [6.07, 6.45) is 0.329. The smallest absolute Gasteiger partial charge is 0.455 e. The van der Waals surface area contributed by atoms with Gasteiger partial charge in [-0.2, -0.15) is 0 Å². The van der Waals surface area contributed by atoms with Crippen molar-refractivity contribution in [3.63, 3.8) is 0 Å². The van der Waals surface area contributed by atoms with E-state index in [1.165, 1.54) is 20.8 Å². The molecule has 0 aliphatic carbocycles. The summed E-state index contributed by atoms with van der Waals surface area (Å²) >= 11 is 0. The van der Waals surface area contributed by atoms with Crippen LogP contribution in [0.25, 0.3) is 0 Å².